The Morgan fingerprint density at radius 3 is 2.06 bits per heavy atom. The molecule has 1 aromatic carbocycles. The minimum Gasteiger partial charge on any atom is -0.480 e. The molecule has 0 bridgehead atoms. The molecule has 18 heavy (non-hydrogen) atoms. The van der Waals surface area contributed by atoms with Crippen molar-refractivity contribution in [3.05, 3.63) is 35.9 Å². The second-order valence-corrected chi connectivity index (χ2v) is 3.97. The van der Waals surface area contributed by atoms with Crippen molar-refractivity contribution in [1.82, 2.24) is 4.90 Å². The average molecular weight is 252 g/mol. The van der Waals surface area contributed by atoms with Crippen molar-refractivity contribution >= 4 is 11.9 Å². The van der Waals surface area contributed by atoms with Crippen molar-refractivity contribution in [2.24, 2.45) is 5.73 Å². The molecule has 0 saturated heterocycles. The van der Waals surface area contributed by atoms with Crippen molar-refractivity contribution < 1.29 is 19.8 Å². The van der Waals surface area contributed by atoms with Crippen LogP contribution in [0.15, 0.2) is 30.3 Å². The fraction of sp³-hybridized carbons (Fsp3) is 0.333. The predicted octanol–water partition coefficient (Wildman–Crippen LogP) is 0.158. The number of nitrogens with two attached hydrogens (primary N) is 1. The molecule has 1 unspecified atom stereocenters. The lowest BCUT2D eigenvalue weighted by Gasteiger charge is -2.22. The van der Waals surface area contributed by atoms with Gasteiger partial charge in [0.15, 0.2) is 0 Å². The standard InChI is InChI=1S/C12H16N2O4/c13-10(9-4-2-1-3-5-9)6-14(7-11(15)16)8-12(17)18/h1-5,10H,6-8,13H2,(H,15,16)(H,17,18). The second kappa shape index (κ2) is 6.73. The quantitative estimate of drug-likeness (QED) is 0.638. The summed E-state index contributed by atoms with van der Waals surface area (Å²) in [5.74, 6) is -2.15. The predicted molar refractivity (Wildman–Crippen MR) is 65.1 cm³/mol. The number of carboxylic acids is 2. The summed E-state index contributed by atoms with van der Waals surface area (Å²) in [6.45, 7) is -0.498. The van der Waals surface area contributed by atoms with Gasteiger partial charge in [0.1, 0.15) is 0 Å². The summed E-state index contributed by atoms with van der Waals surface area (Å²) in [5.41, 5.74) is 6.77. The first-order valence-electron chi connectivity index (χ1n) is 5.45. The van der Waals surface area contributed by atoms with Gasteiger partial charge >= 0.3 is 11.9 Å². The van der Waals surface area contributed by atoms with Crippen LogP contribution in [0.2, 0.25) is 0 Å². The lowest BCUT2D eigenvalue weighted by Crippen LogP contribution is -2.39. The molecule has 0 aliphatic heterocycles. The van der Waals surface area contributed by atoms with Crippen LogP contribution in [-0.4, -0.2) is 46.7 Å². The van der Waals surface area contributed by atoms with Crippen LogP contribution >= 0.6 is 0 Å². The van der Waals surface area contributed by atoms with Gasteiger partial charge in [-0.15, -0.1) is 0 Å². The third-order valence-corrected chi connectivity index (χ3v) is 2.40. The molecule has 6 heteroatoms. The zero-order valence-electron chi connectivity index (χ0n) is 9.82. The van der Waals surface area contributed by atoms with Gasteiger partial charge < -0.3 is 15.9 Å². The van der Waals surface area contributed by atoms with E-state index in [1.807, 2.05) is 30.3 Å². The highest BCUT2D eigenvalue weighted by atomic mass is 16.4. The average Bonchev–Trinajstić information content (AvgIpc) is 2.28. The zero-order chi connectivity index (χ0) is 13.5. The summed E-state index contributed by atoms with van der Waals surface area (Å²) in [6.07, 6.45) is 0. The molecule has 1 atom stereocenters. The van der Waals surface area contributed by atoms with E-state index < -0.39 is 18.0 Å². The van der Waals surface area contributed by atoms with Crippen LogP contribution in [0, 0.1) is 0 Å². The Morgan fingerprint density at radius 1 is 1.11 bits per heavy atom. The third-order valence-electron chi connectivity index (χ3n) is 2.40. The van der Waals surface area contributed by atoms with Crippen LogP contribution in [0.25, 0.3) is 0 Å². The van der Waals surface area contributed by atoms with E-state index in [1.54, 1.807) is 0 Å². The molecule has 0 aliphatic carbocycles. The van der Waals surface area contributed by atoms with E-state index in [0.717, 1.165) is 5.56 Å². The first-order chi connectivity index (χ1) is 8.49. The number of benzene rings is 1. The number of carbonyl (C=O) groups is 2. The van der Waals surface area contributed by atoms with Crippen molar-refractivity contribution in [2.75, 3.05) is 19.6 Å². The Labute approximate surface area is 105 Å². The molecule has 0 aliphatic rings. The van der Waals surface area contributed by atoms with Gasteiger partial charge in [0.25, 0.3) is 0 Å². The fourth-order valence-corrected chi connectivity index (χ4v) is 1.65. The van der Waals surface area contributed by atoms with E-state index in [0.29, 0.717) is 0 Å². The Morgan fingerprint density at radius 2 is 1.61 bits per heavy atom. The number of carboxylic acid groups (broad SMARTS) is 2. The monoisotopic (exact) mass is 252 g/mol. The molecule has 0 radical (unpaired) electrons. The number of hydrogen-bond acceptors (Lipinski definition) is 4. The van der Waals surface area contributed by atoms with Gasteiger partial charge in [-0.05, 0) is 5.56 Å². The molecular formula is C12H16N2O4. The van der Waals surface area contributed by atoms with Crippen LogP contribution in [0.3, 0.4) is 0 Å². The molecule has 98 valence electrons. The maximum Gasteiger partial charge on any atom is 0.317 e. The van der Waals surface area contributed by atoms with Gasteiger partial charge in [0.2, 0.25) is 0 Å². The Hall–Kier alpha value is -1.92. The maximum atomic E-state index is 10.6. The summed E-state index contributed by atoms with van der Waals surface area (Å²) < 4.78 is 0. The molecule has 0 amide bonds. The SMILES string of the molecule is NC(CN(CC(=O)O)CC(=O)O)c1ccccc1. The zero-order valence-corrected chi connectivity index (χ0v) is 9.82. The number of rotatable bonds is 7. The molecule has 6 nitrogen and oxygen atoms in total. The number of nitrogens with zero attached hydrogens (tertiary/aromatic N) is 1. The van der Waals surface area contributed by atoms with E-state index in [1.165, 1.54) is 4.90 Å². The second-order valence-electron chi connectivity index (χ2n) is 3.97. The normalized spacial score (nSPS) is 12.3. The Kier molecular flexibility index (Phi) is 5.29. The highest BCUT2D eigenvalue weighted by Gasteiger charge is 2.17. The van der Waals surface area contributed by atoms with E-state index in [-0.39, 0.29) is 19.6 Å². The lowest BCUT2D eigenvalue weighted by atomic mass is 10.1. The largest absolute Gasteiger partial charge is 0.480 e. The summed E-state index contributed by atoms with van der Waals surface area (Å²) >= 11 is 0. The van der Waals surface area contributed by atoms with Gasteiger partial charge in [0.05, 0.1) is 13.1 Å². The van der Waals surface area contributed by atoms with E-state index in [9.17, 15) is 9.59 Å². The minimum absolute atomic E-state index is 0.183. The molecule has 0 spiro atoms. The van der Waals surface area contributed by atoms with Crippen molar-refractivity contribution in [2.45, 2.75) is 6.04 Å². The van der Waals surface area contributed by atoms with Gasteiger partial charge in [-0.25, -0.2) is 0 Å². The molecule has 0 heterocycles. The molecule has 0 saturated carbocycles. The topological polar surface area (TPSA) is 104 Å². The van der Waals surface area contributed by atoms with Crippen LogP contribution in [0.1, 0.15) is 11.6 Å². The molecule has 0 fully saturated rings. The van der Waals surface area contributed by atoms with Crippen molar-refractivity contribution in [3.63, 3.8) is 0 Å². The van der Waals surface area contributed by atoms with Gasteiger partial charge in [-0.2, -0.15) is 0 Å². The molecule has 1 rings (SSSR count). The van der Waals surface area contributed by atoms with Crippen molar-refractivity contribution in [1.29, 1.82) is 0 Å². The highest BCUT2D eigenvalue weighted by molar-refractivity contribution is 5.72. The first-order valence-corrected chi connectivity index (χ1v) is 5.45. The summed E-state index contributed by atoms with van der Waals surface area (Å²) in [6, 6.07) is 8.74. The van der Waals surface area contributed by atoms with Gasteiger partial charge in [-0.3, -0.25) is 14.5 Å². The Balaban J connectivity index is 2.64. The molecule has 4 N–H and O–H groups in total. The third kappa shape index (κ3) is 4.94. The first kappa shape index (κ1) is 14.1. The Bertz CT molecular complexity index is 392. The minimum atomic E-state index is -1.07. The van der Waals surface area contributed by atoms with Gasteiger partial charge in [-0.1, -0.05) is 30.3 Å². The summed E-state index contributed by atoms with van der Waals surface area (Å²) in [4.78, 5) is 22.6. The van der Waals surface area contributed by atoms with Crippen LogP contribution in [0.4, 0.5) is 0 Å². The van der Waals surface area contributed by atoms with Gasteiger partial charge in [0, 0.05) is 12.6 Å². The number of hydrogen-bond donors (Lipinski definition) is 3. The maximum absolute atomic E-state index is 10.6. The van der Waals surface area contributed by atoms with E-state index in [2.05, 4.69) is 0 Å². The van der Waals surface area contributed by atoms with E-state index in [4.69, 9.17) is 15.9 Å². The summed E-state index contributed by atoms with van der Waals surface area (Å²) in [7, 11) is 0. The number of aliphatic carboxylic acids is 2. The summed E-state index contributed by atoms with van der Waals surface area (Å²) in [5, 5.41) is 17.4. The van der Waals surface area contributed by atoms with Crippen molar-refractivity contribution in [3.8, 4) is 0 Å². The fourth-order valence-electron chi connectivity index (χ4n) is 1.65. The van der Waals surface area contributed by atoms with Crippen LogP contribution < -0.4 is 5.73 Å². The van der Waals surface area contributed by atoms with Crippen LogP contribution in [0.5, 0.6) is 0 Å². The highest BCUT2D eigenvalue weighted by Crippen LogP contribution is 2.10. The van der Waals surface area contributed by atoms with E-state index >= 15 is 0 Å². The smallest absolute Gasteiger partial charge is 0.317 e. The van der Waals surface area contributed by atoms with Crippen LogP contribution in [-0.2, 0) is 9.59 Å². The molecule has 0 aromatic heterocycles. The lowest BCUT2D eigenvalue weighted by molar-refractivity contribution is -0.141. The molecular weight excluding hydrogens is 236 g/mol. The molecule has 1 aromatic rings.